The quantitative estimate of drug-likeness (QED) is 0.528. The summed E-state index contributed by atoms with van der Waals surface area (Å²) in [4.78, 5) is 20.8. The molecule has 1 aliphatic rings. The van der Waals surface area contributed by atoms with Crippen molar-refractivity contribution in [2.45, 2.75) is 17.7 Å². The molecule has 1 fully saturated rings. The number of nitrogen functional groups attached to an aromatic ring is 1. The number of rotatable bonds is 5. The summed E-state index contributed by atoms with van der Waals surface area (Å²) in [6.07, 6.45) is 3.15. The van der Waals surface area contributed by atoms with E-state index in [1.54, 1.807) is 12.1 Å². The van der Waals surface area contributed by atoms with Crippen LogP contribution in [0.25, 0.3) is 11.3 Å². The maximum absolute atomic E-state index is 12.6. The lowest BCUT2D eigenvalue weighted by atomic mass is 10.1. The first kappa shape index (κ1) is 18.9. The summed E-state index contributed by atoms with van der Waals surface area (Å²) in [6.45, 7) is 1.07. The summed E-state index contributed by atoms with van der Waals surface area (Å²) in [5.74, 6) is -0.659. The molecule has 0 unspecified atom stereocenters. The Labute approximate surface area is 165 Å². The lowest BCUT2D eigenvalue weighted by Crippen LogP contribution is -2.27. The molecule has 1 amide bonds. The number of hydrogen-bond acceptors (Lipinski definition) is 9. The van der Waals surface area contributed by atoms with Gasteiger partial charge in [0.05, 0.1) is 16.8 Å². The van der Waals surface area contributed by atoms with Gasteiger partial charge >= 0.3 is 0 Å². The zero-order valence-electron chi connectivity index (χ0n) is 15.1. The van der Waals surface area contributed by atoms with Crippen LogP contribution in [0.15, 0.2) is 35.4 Å². The summed E-state index contributed by atoms with van der Waals surface area (Å²) in [5, 5.41) is 15.1. The summed E-state index contributed by atoms with van der Waals surface area (Å²) in [5.41, 5.74) is 6.62. The molecule has 0 saturated carbocycles. The smallest absolute Gasteiger partial charge is 0.280 e. The van der Waals surface area contributed by atoms with Gasteiger partial charge in [-0.15, -0.1) is 0 Å². The molecule has 150 valence electrons. The predicted octanol–water partition coefficient (Wildman–Crippen LogP) is 0.276. The number of nitrogens with zero attached hydrogens (tertiary/aromatic N) is 6. The first-order valence-corrected chi connectivity index (χ1v) is 10.2. The molecule has 0 bridgehead atoms. The van der Waals surface area contributed by atoms with Gasteiger partial charge in [0.25, 0.3) is 5.91 Å². The molecule has 3 heterocycles. The minimum absolute atomic E-state index is 0.0399. The molecule has 12 nitrogen and oxygen atoms in total. The Balaban J connectivity index is 1.59. The van der Waals surface area contributed by atoms with Gasteiger partial charge in [-0.05, 0) is 35.4 Å². The molecule has 3 aromatic rings. The third kappa shape index (κ3) is 3.77. The minimum Gasteiger partial charge on any atom is -0.382 e. The van der Waals surface area contributed by atoms with Crippen LogP contribution in [0.1, 0.15) is 23.3 Å². The Hall–Kier alpha value is -3.45. The molecule has 0 radical (unpaired) electrons. The molecule has 0 spiro atoms. The van der Waals surface area contributed by atoms with Gasteiger partial charge in [-0.3, -0.25) is 10.1 Å². The van der Waals surface area contributed by atoms with Crippen molar-refractivity contribution in [3.8, 4) is 11.3 Å². The maximum Gasteiger partial charge on any atom is 0.280 e. The van der Waals surface area contributed by atoms with Gasteiger partial charge in [-0.2, -0.15) is 4.31 Å². The van der Waals surface area contributed by atoms with Crippen LogP contribution in [-0.4, -0.2) is 62.3 Å². The zero-order chi connectivity index (χ0) is 20.4. The summed E-state index contributed by atoms with van der Waals surface area (Å²) < 4.78 is 26.7. The second kappa shape index (κ2) is 7.52. The highest BCUT2D eigenvalue weighted by Crippen LogP contribution is 2.24. The minimum atomic E-state index is -3.50. The van der Waals surface area contributed by atoms with E-state index >= 15 is 0 Å². The number of carbonyl (C=O) groups is 1. The fourth-order valence-electron chi connectivity index (χ4n) is 2.96. The molecule has 0 atom stereocenters. The molecule has 2 aromatic heterocycles. The Kier molecular flexibility index (Phi) is 4.90. The van der Waals surface area contributed by atoms with E-state index < -0.39 is 15.9 Å². The molecule has 4 rings (SSSR count). The molecule has 1 aromatic carbocycles. The molecule has 13 heteroatoms. The molecular formula is C16H17N9O3S. The van der Waals surface area contributed by atoms with E-state index in [9.17, 15) is 13.2 Å². The average Bonchev–Trinajstić information content (AvgIpc) is 3.43. The van der Waals surface area contributed by atoms with Gasteiger partial charge in [0, 0.05) is 18.7 Å². The monoisotopic (exact) mass is 415 g/mol. The normalized spacial score (nSPS) is 14.8. The van der Waals surface area contributed by atoms with Crippen molar-refractivity contribution in [1.82, 2.24) is 34.9 Å². The third-order valence-electron chi connectivity index (χ3n) is 4.45. The van der Waals surface area contributed by atoms with Crippen LogP contribution >= 0.6 is 0 Å². The Morgan fingerprint density at radius 1 is 1.17 bits per heavy atom. The largest absolute Gasteiger partial charge is 0.382 e. The Bertz CT molecular complexity index is 1120. The number of tetrazole rings is 1. The highest BCUT2D eigenvalue weighted by atomic mass is 32.2. The number of sulfonamides is 1. The van der Waals surface area contributed by atoms with E-state index in [1.807, 2.05) is 0 Å². The number of amides is 1. The van der Waals surface area contributed by atoms with Gasteiger partial charge in [0.15, 0.2) is 11.5 Å². The van der Waals surface area contributed by atoms with Crippen molar-refractivity contribution < 1.29 is 13.2 Å². The summed E-state index contributed by atoms with van der Waals surface area (Å²) in [6, 6.07) is 6.26. The SMILES string of the molecule is Nc1ncc(-c2ccc(S(=O)(=O)N3CCCC3)cc2)nc1C(=O)Nc1nnn[nH]1. The molecule has 1 saturated heterocycles. The fourth-order valence-corrected chi connectivity index (χ4v) is 4.48. The second-order valence-electron chi connectivity index (χ2n) is 6.33. The molecule has 0 aliphatic carbocycles. The lowest BCUT2D eigenvalue weighted by Gasteiger charge is -2.15. The first-order valence-electron chi connectivity index (χ1n) is 8.73. The number of nitrogens with two attached hydrogens (primary N) is 1. The number of aromatic amines is 1. The topological polar surface area (TPSA) is 173 Å². The second-order valence-corrected chi connectivity index (χ2v) is 8.27. The lowest BCUT2D eigenvalue weighted by molar-refractivity contribution is 0.102. The molecular weight excluding hydrogens is 398 g/mol. The Morgan fingerprint density at radius 3 is 2.55 bits per heavy atom. The van der Waals surface area contributed by atoms with Gasteiger partial charge < -0.3 is 5.73 Å². The van der Waals surface area contributed by atoms with Crippen LogP contribution < -0.4 is 11.1 Å². The van der Waals surface area contributed by atoms with Gasteiger partial charge in [0.1, 0.15) is 0 Å². The number of carbonyl (C=O) groups excluding carboxylic acids is 1. The van der Waals surface area contributed by atoms with Gasteiger partial charge in [0.2, 0.25) is 16.0 Å². The average molecular weight is 415 g/mol. The summed E-state index contributed by atoms with van der Waals surface area (Å²) in [7, 11) is -3.50. The number of hydrogen-bond donors (Lipinski definition) is 3. The first-order chi connectivity index (χ1) is 13.9. The Morgan fingerprint density at radius 2 is 1.90 bits per heavy atom. The van der Waals surface area contributed by atoms with Crippen LogP contribution in [0.3, 0.4) is 0 Å². The number of anilines is 2. The van der Waals surface area contributed by atoms with Crippen LogP contribution in [0.4, 0.5) is 11.8 Å². The van der Waals surface area contributed by atoms with E-state index in [0.717, 1.165) is 12.8 Å². The number of H-pyrrole nitrogens is 1. The van der Waals surface area contributed by atoms with Crippen LogP contribution in [-0.2, 0) is 10.0 Å². The third-order valence-corrected chi connectivity index (χ3v) is 6.36. The van der Waals surface area contributed by atoms with Crippen LogP contribution in [0, 0.1) is 0 Å². The standard InChI is InChI=1S/C16H17N9O3S/c17-14-13(15(26)20-16-21-23-24-22-16)19-12(9-18-14)10-3-5-11(6-4-10)29(27,28)25-7-1-2-8-25/h3-6,9H,1-2,7-8H2,(H2,17,18)(H2,20,21,22,23,24,26). The predicted molar refractivity (Wildman–Crippen MR) is 102 cm³/mol. The van der Waals surface area contributed by atoms with Crippen molar-refractivity contribution in [3.63, 3.8) is 0 Å². The van der Waals surface area contributed by atoms with Crippen molar-refractivity contribution in [3.05, 3.63) is 36.2 Å². The van der Waals surface area contributed by atoms with Crippen molar-refractivity contribution in [1.29, 1.82) is 0 Å². The van der Waals surface area contributed by atoms with Crippen LogP contribution in [0.2, 0.25) is 0 Å². The zero-order valence-corrected chi connectivity index (χ0v) is 15.9. The van der Waals surface area contributed by atoms with E-state index in [1.165, 1.54) is 22.6 Å². The highest BCUT2D eigenvalue weighted by molar-refractivity contribution is 7.89. The number of benzene rings is 1. The van der Waals surface area contributed by atoms with E-state index in [2.05, 4.69) is 35.9 Å². The van der Waals surface area contributed by atoms with Crippen molar-refractivity contribution >= 4 is 27.7 Å². The number of nitrogens with one attached hydrogen (secondary N) is 2. The van der Waals surface area contributed by atoms with Crippen LogP contribution in [0.5, 0.6) is 0 Å². The van der Waals surface area contributed by atoms with Crippen molar-refractivity contribution in [2.75, 3.05) is 24.1 Å². The van der Waals surface area contributed by atoms with E-state index in [0.29, 0.717) is 24.3 Å². The fraction of sp³-hybridized carbons (Fsp3) is 0.250. The number of aromatic nitrogens is 6. The van der Waals surface area contributed by atoms with Gasteiger partial charge in [-0.1, -0.05) is 17.2 Å². The summed E-state index contributed by atoms with van der Waals surface area (Å²) >= 11 is 0. The molecule has 1 aliphatic heterocycles. The van der Waals surface area contributed by atoms with E-state index in [4.69, 9.17) is 5.73 Å². The molecule has 29 heavy (non-hydrogen) atoms. The highest BCUT2D eigenvalue weighted by Gasteiger charge is 2.27. The molecule has 4 N–H and O–H groups in total. The van der Waals surface area contributed by atoms with Crippen molar-refractivity contribution in [2.24, 2.45) is 0 Å². The van der Waals surface area contributed by atoms with Gasteiger partial charge in [-0.25, -0.2) is 23.5 Å². The maximum atomic E-state index is 12.6. The van der Waals surface area contributed by atoms with E-state index in [-0.39, 0.29) is 22.4 Å².